The van der Waals surface area contributed by atoms with Gasteiger partial charge >= 0.3 is 6.18 Å². The first-order valence-electron chi connectivity index (χ1n) is 10.8. The number of halogens is 3. The Balaban J connectivity index is 1.77. The van der Waals surface area contributed by atoms with Crippen molar-refractivity contribution in [2.45, 2.75) is 44.4 Å². The largest absolute Gasteiger partial charge is 0.433 e. The first-order valence-corrected chi connectivity index (χ1v) is 10.8. The molecule has 3 aromatic rings. The van der Waals surface area contributed by atoms with E-state index in [1.54, 1.807) is 18.2 Å². The summed E-state index contributed by atoms with van der Waals surface area (Å²) in [5, 5.41) is 3.45. The zero-order valence-corrected chi connectivity index (χ0v) is 18.1. The van der Waals surface area contributed by atoms with Crippen molar-refractivity contribution in [3.63, 3.8) is 0 Å². The first kappa shape index (κ1) is 22.3. The molecule has 7 heteroatoms. The van der Waals surface area contributed by atoms with Gasteiger partial charge in [0.1, 0.15) is 5.69 Å². The van der Waals surface area contributed by atoms with E-state index in [-0.39, 0.29) is 11.1 Å². The fraction of sp³-hybridized carbons (Fsp3) is 0.360. The minimum atomic E-state index is -4.65. The summed E-state index contributed by atoms with van der Waals surface area (Å²) in [6.07, 6.45) is -2.47. The highest BCUT2D eigenvalue weighted by atomic mass is 19.4. The number of nitrogens with one attached hydrogen (secondary N) is 1. The molecule has 4 rings (SSSR count). The molecule has 2 aromatic carbocycles. The van der Waals surface area contributed by atoms with E-state index in [2.05, 4.69) is 29.0 Å². The summed E-state index contributed by atoms with van der Waals surface area (Å²) in [6, 6.07) is 16.4. The summed E-state index contributed by atoms with van der Waals surface area (Å²) in [6.45, 7) is 5.98. The Morgan fingerprint density at radius 3 is 2.28 bits per heavy atom. The number of para-hydroxylation sites is 1. The van der Waals surface area contributed by atoms with E-state index < -0.39 is 29.4 Å². The number of carbonyl (C=O) groups is 1. The molecule has 1 aliphatic rings. The molecule has 1 atom stereocenters. The maximum atomic E-state index is 13.5. The molecule has 1 aromatic heterocycles. The highest BCUT2D eigenvalue weighted by Gasteiger charge is 2.39. The molecule has 4 nitrogen and oxygen atoms in total. The summed E-state index contributed by atoms with van der Waals surface area (Å²) in [4.78, 5) is 19.5. The number of rotatable bonds is 5. The second-order valence-electron chi connectivity index (χ2n) is 8.73. The first-order chi connectivity index (χ1) is 15.2. The van der Waals surface area contributed by atoms with Gasteiger partial charge in [0.25, 0.3) is 5.91 Å². The van der Waals surface area contributed by atoms with Crippen molar-refractivity contribution in [3.05, 3.63) is 77.5 Å². The summed E-state index contributed by atoms with van der Waals surface area (Å²) >= 11 is 0. The Bertz CT molecular complexity index is 1110. The molecule has 1 N–H and O–H groups in total. The number of hydrogen-bond acceptors (Lipinski definition) is 3. The molecule has 0 bridgehead atoms. The topological polar surface area (TPSA) is 45.2 Å². The Morgan fingerprint density at radius 2 is 1.62 bits per heavy atom. The maximum Gasteiger partial charge on any atom is 0.433 e. The molecule has 0 radical (unpaired) electrons. The summed E-state index contributed by atoms with van der Waals surface area (Å²) in [5.74, 6) is -0.546. The minimum Gasteiger partial charge on any atom is -0.343 e. The molecule has 2 heterocycles. The van der Waals surface area contributed by atoms with E-state index in [4.69, 9.17) is 0 Å². The van der Waals surface area contributed by atoms with Crippen molar-refractivity contribution in [2.24, 2.45) is 0 Å². The highest BCUT2D eigenvalue weighted by Crippen LogP contribution is 2.35. The van der Waals surface area contributed by atoms with Gasteiger partial charge in [0.2, 0.25) is 0 Å². The van der Waals surface area contributed by atoms with Crippen molar-refractivity contribution in [1.29, 1.82) is 0 Å². The molecule has 168 valence electrons. The predicted molar refractivity (Wildman–Crippen MR) is 118 cm³/mol. The van der Waals surface area contributed by atoms with Gasteiger partial charge in [-0.15, -0.1) is 0 Å². The second-order valence-corrected chi connectivity index (χ2v) is 8.73. The lowest BCUT2D eigenvalue weighted by Crippen LogP contribution is -2.52. The number of likely N-dealkylation sites (tertiary alicyclic amines) is 1. The number of carbonyl (C=O) groups excluding carboxylic acids is 1. The third-order valence-corrected chi connectivity index (χ3v) is 6.29. The molecule has 0 aliphatic carbocycles. The minimum absolute atomic E-state index is 0.0268. The molecular weight excluding hydrogens is 415 g/mol. The van der Waals surface area contributed by atoms with Crippen LogP contribution < -0.4 is 5.32 Å². The van der Waals surface area contributed by atoms with Crippen molar-refractivity contribution < 1.29 is 18.0 Å². The third kappa shape index (κ3) is 4.35. The van der Waals surface area contributed by atoms with Gasteiger partial charge in [-0.25, -0.2) is 4.98 Å². The van der Waals surface area contributed by atoms with E-state index in [0.717, 1.165) is 37.6 Å². The normalized spacial score (nSPS) is 16.3. The van der Waals surface area contributed by atoms with Crippen LogP contribution in [0.25, 0.3) is 10.9 Å². The van der Waals surface area contributed by atoms with Gasteiger partial charge in [-0.2, -0.15) is 13.2 Å². The van der Waals surface area contributed by atoms with Gasteiger partial charge < -0.3 is 5.32 Å². The van der Waals surface area contributed by atoms with Gasteiger partial charge in [0, 0.05) is 10.9 Å². The lowest BCUT2D eigenvalue weighted by atomic mass is 9.86. The predicted octanol–water partition coefficient (Wildman–Crippen LogP) is 5.60. The lowest BCUT2D eigenvalue weighted by molar-refractivity contribution is -0.140. The third-order valence-electron chi connectivity index (χ3n) is 6.29. The smallest absolute Gasteiger partial charge is 0.343 e. The van der Waals surface area contributed by atoms with Gasteiger partial charge in [-0.05, 0) is 57.5 Å². The molecule has 0 spiro atoms. The molecule has 32 heavy (non-hydrogen) atoms. The monoisotopic (exact) mass is 441 g/mol. The average Bonchev–Trinajstić information content (AvgIpc) is 3.32. The van der Waals surface area contributed by atoms with Gasteiger partial charge in [0.15, 0.2) is 0 Å². The SMILES string of the molecule is CC(C)(C(NC(=O)c1cc(C(F)(F)F)nc2ccccc12)c1ccccc1)N1CCCC1. The quantitative estimate of drug-likeness (QED) is 0.561. The standard InChI is InChI=1S/C25H26F3N3O/c1-24(2,31-14-8-9-15-31)22(17-10-4-3-5-11-17)30-23(32)19-16-21(25(26,27)28)29-20-13-7-6-12-18(19)20/h3-7,10-13,16,22H,8-9,14-15H2,1-2H3,(H,30,32). The number of alkyl halides is 3. The van der Waals surface area contributed by atoms with Crippen LogP contribution in [-0.4, -0.2) is 34.4 Å². The number of amides is 1. The molecular formula is C25H26F3N3O. The molecule has 1 fully saturated rings. The molecule has 0 saturated carbocycles. The van der Waals surface area contributed by atoms with Crippen molar-refractivity contribution in [1.82, 2.24) is 15.2 Å². The fourth-order valence-electron chi connectivity index (χ4n) is 4.51. The van der Waals surface area contributed by atoms with Crippen LogP contribution in [0.2, 0.25) is 0 Å². The number of benzene rings is 2. The van der Waals surface area contributed by atoms with E-state index in [9.17, 15) is 18.0 Å². The van der Waals surface area contributed by atoms with Crippen molar-refractivity contribution in [2.75, 3.05) is 13.1 Å². The zero-order valence-electron chi connectivity index (χ0n) is 18.1. The van der Waals surface area contributed by atoms with E-state index in [1.807, 2.05) is 30.3 Å². The van der Waals surface area contributed by atoms with Crippen LogP contribution in [0.4, 0.5) is 13.2 Å². The van der Waals surface area contributed by atoms with Crippen LogP contribution in [-0.2, 0) is 6.18 Å². The van der Waals surface area contributed by atoms with E-state index in [0.29, 0.717) is 5.39 Å². The average molecular weight is 441 g/mol. The van der Waals surface area contributed by atoms with Crippen LogP contribution in [0.1, 0.15) is 54.3 Å². The fourth-order valence-corrected chi connectivity index (χ4v) is 4.51. The number of hydrogen-bond donors (Lipinski definition) is 1. The Kier molecular flexibility index (Phi) is 5.95. The number of fused-ring (bicyclic) bond motifs is 1. The van der Waals surface area contributed by atoms with Crippen LogP contribution in [0.3, 0.4) is 0 Å². The molecule has 1 unspecified atom stereocenters. The van der Waals surface area contributed by atoms with Crippen LogP contribution in [0.15, 0.2) is 60.7 Å². The lowest BCUT2D eigenvalue weighted by Gasteiger charge is -2.42. The van der Waals surface area contributed by atoms with Crippen LogP contribution >= 0.6 is 0 Å². The Morgan fingerprint density at radius 1 is 1.00 bits per heavy atom. The van der Waals surface area contributed by atoms with E-state index in [1.165, 1.54) is 6.07 Å². The van der Waals surface area contributed by atoms with Gasteiger partial charge in [0.05, 0.1) is 17.1 Å². The number of pyridine rings is 1. The van der Waals surface area contributed by atoms with Gasteiger partial charge in [-0.1, -0.05) is 48.5 Å². The number of aromatic nitrogens is 1. The molecule has 1 saturated heterocycles. The maximum absolute atomic E-state index is 13.5. The summed E-state index contributed by atoms with van der Waals surface area (Å²) in [7, 11) is 0. The summed E-state index contributed by atoms with van der Waals surface area (Å²) in [5.41, 5.74) is -0.476. The van der Waals surface area contributed by atoms with Crippen molar-refractivity contribution >= 4 is 16.8 Å². The highest BCUT2D eigenvalue weighted by molar-refractivity contribution is 6.06. The Hall–Kier alpha value is -2.93. The summed E-state index contributed by atoms with van der Waals surface area (Å²) < 4.78 is 40.4. The molecule has 1 aliphatic heterocycles. The van der Waals surface area contributed by atoms with Crippen molar-refractivity contribution in [3.8, 4) is 0 Å². The van der Waals surface area contributed by atoms with Gasteiger partial charge in [-0.3, -0.25) is 9.69 Å². The Labute approximate surface area is 185 Å². The molecule has 1 amide bonds. The van der Waals surface area contributed by atoms with Crippen LogP contribution in [0, 0.1) is 0 Å². The second kappa shape index (κ2) is 8.54. The van der Waals surface area contributed by atoms with E-state index >= 15 is 0 Å². The van der Waals surface area contributed by atoms with Crippen LogP contribution in [0.5, 0.6) is 0 Å². The number of nitrogens with zero attached hydrogens (tertiary/aromatic N) is 2. The zero-order chi connectivity index (χ0) is 22.9.